The highest BCUT2D eigenvalue weighted by molar-refractivity contribution is 5.92. The summed E-state index contributed by atoms with van der Waals surface area (Å²) in [7, 11) is 0. The molecule has 1 amide bonds. The minimum atomic E-state index is -0.413. The molecule has 2 atom stereocenters. The summed E-state index contributed by atoms with van der Waals surface area (Å²) >= 11 is 0. The Bertz CT molecular complexity index is 434. The molecule has 17 heavy (non-hydrogen) atoms. The van der Waals surface area contributed by atoms with Gasteiger partial charge in [-0.1, -0.05) is 12.1 Å². The molecule has 0 aliphatic carbocycles. The van der Waals surface area contributed by atoms with E-state index in [9.17, 15) is 4.79 Å². The number of carbonyl (C=O) groups excluding carboxylic acids is 1. The Morgan fingerprint density at radius 1 is 1.53 bits per heavy atom. The van der Waals surface area contributed by atoms with Gasteiger partial charge in [0.2, 0.25) is 5.91 Å². The van der Waals surface area contributed by atoms with Gasteiger partial charge in [0.15, 0.2) is 0 Å². The minimum Gasteiger partial charge on any atom is -0.366 e. The number of benzene rings is 1. The maximum atomic E-state index is 11.2. The van der Waals surface area contributed by atoms with Gasteiger partial charge < -0.3 is 16.8 Å². The van der Waals surface area contributed by atoms with E-state index in [2.05, 4.69) is 17.6 Å². The lowest BCUT2D eigenvalue weighted by atomic mass is 9.89. The SMILES string of the molecule is CC1(c2cccc(C(N)=O)c2)CNC[C@H](N)N1. The van der Waals surface area contributed by atoms with E-state index in [0.29, 0.717) is 5.56 Å². The van der Waals surface area contributed by atoms with Crippen LogP contribution in [0.25, 0.3) is 0 Å². The van der Waals surface area contributed by atoms with Gasteiger partial charge in [-0.05, 0) is 24.6 Å². The lowest BCUT2D eigenvalue weighted by Gasteiger charge is -2.39. The summed E-state index contributed by atoms with van der Waals surface area (Å²) < 4.78 is 0. The third-order valence-corrected chi connectivity index (χ3v) is 3.13. The monoisotopic (exact) mass is 234 g/mol. The van der Waals surface area contributed by atoms with Crippen LogP contribution in [0.4, 0.5) is 0 Å². The zero-order valence-corrected chi connectivity index (χ0v) is 9.86. The fourth-order valence-corrected chi connectivity index (χ4v) is 2.19. The van der Waals surface area contributed by atoms with Gasteiger partial charge in [0, 0.05) is 18.7 Å². The highest BCUT2D eigenvalue weighted by Gasteiger charge is 2.31. The third kappa shape index (κ3) is 2.46. The summed E-state index contributed by atoms with van der Waals surface area (Å²) in [5.41, 5.74) is 12.4. The molecule has 2 rings (SSSR count). The van der Waals surface area contributed by atoms with Crippen LogP contribution in [-0.4, -0.2) is 25.2 Å². The molecule has 1 aliphatic rings. The molecule has 1 saturated heterocycles. The van der Waals surface area contributed by atoms with Gasteiger partial charge in [0.05, 0.1) is 11.7 Å². The molecule has 92 valence electrons. The van der Waals surface area contributed by atoms with Crippen molar-refractivity contribution in [2.45, 2.75) is 18.6 Å². The summed E-state index contributed by atoms with van der Waals surface area (Å²) in [6.07, 6.45) is -0.0917. The van der Waals surface area contributed by atoms with Crippen molar-refractivity contribution in [1.82, 2.24) is 10.6 Å². The van der Waals surface area contributed by atoms with E-state index in [4.69, 9.17) is 11.5 Å². The first-order valence-corrected chi connectivity index (χ1v) is 5.66. The molecular formula is C12H18N4O. The number of hydrogen-bond donors (Lipinski definition) is 4. The van der Waals surface area contributed by atoms with Crippen LogP contribution in [0.5, 0.6) is 0 Å². The Morgan fingerprint density at radius 2 is 2.29 bits per heavy atom. The molecule has 0 radical (unpaired) electrons. The summed E-state index contributed by atoms with van der Waals surface area (Å²) in [5, 5.41) is 6.61. The van der Waals surface area contributed by atoms with Crippen molar-refractivity contribution in [2.75, 3.05) is 13.1 Å². The average Bonchev–Trinajstić information content (AvgIpc) is 2.29. The zero-order valence-electron chi connectivity index (χ0n) is 9.86. The second-order valence-electron chi connectivity index (χ2n) is 4.66. The number of primary amides is 1. The van der Waals surface area contributed by atoms with Crippen molar-refractivity contribution in [3.8, 4) is 0 Å². The molecule has 5 nitrogen and oxygen atoms in total. The van der Waals surface area contributed by atoms with E-state index in [1.165, 1.54) is 0 Å². The molecular weight excluding hydrogens is 216 g/mol. The van der Waals surface area contributed by atoms with Crippen molar-refractivity contribution >= 4 is 5.91 Å². The molecule has 0 aromatic heterocycles. The first-order valence-electron chi connectivity index (χ1n) is 5.66. The fourth-order valence-electron chi connectivity index (χ4n) is 2.19. The predicted molar refractivity (Wildman–Crippen MR) is 66.3 cm³/mol. The van der Waals surface area contributed by atoms with E-state index >= 15 is 0 Å². The Kier molecular flexibility index (Phi) is 3.15. The largest absolute Gasteiger partial charge is 0.366 e. The molecule has 1 aromatic carbocycles. The molecule has 0 bridgehead atoms. The number of carbonyl (C=O) groups is 1. The standard InChI is InChI=1S/C12H18N4O/c1-12(7-15-6-10(13)16-12)9-4-2-3-8(5-9)11(14)17/h2-5,10,15-16H,6-7,13H2,1H3,(H2,14,17)/t10-,12?/m1/s1. The number of nitrogens with two attached hydrogens (primary N) is 2. The van der Waals surface area contributed by atoms with E-state index in [1.807, 2.05) is 18.2 Å². The number of hydrogen-bond acceptors (Lipinski definition) is 4. The van der Waals surface area contributed by atoms with Crippen LogP contribution >= 0.6 is 0 Å². The van der Waals surface area contributed by atoms with Gasteiger partial charge in [-0.2, -0.15) is 0 Å². The summed E-state index contributed by atoms with van der Waals surface area (Å²) in [6.45, 7) is 3.56. The molecule has 0 saturated carbocycles. The maximum Gasteiger partial charge on any atom is 0.248 e. The first kappa shape index (κ1) is 12.0. The summed E-state index contributed by atoms with van der Waals surface area (Å²) in [6, 6.07) is 7.34. The van der Waals surface area contributed by atoms with E-state index in [1.54, 1.807) is 6.07 Å². The van der Waals surface area contributed by atoms with Crippen molar-refractivity contribution < 1.29 is 4.79 Å². The van der Waals surface area contributed by atoms with Crippen LogP contribution in [0, 0.1) is 0 Å². The van der Waals surface area contributed by atoms with Gasteiger partial charge in [0.25, 0.3) is 0 Å². The number of piperazine rings is 1. The van der Waals surface area contributed by atoms with Gasteiger partial charge in [-0.25, -0.2) is 0 Å². The highest BCUT2D eigenvalue weighted by atomic mass is 16.1. The molecule has 0 spiro atoms. The van der Waals surface area contributed by atoms with Gasteiger partial charge >= 0.3 is 0 Å². The average molecular weight is 234 g/mol. The van der Waals surface area contributed by atoms with Crippen LogP contribution in [-0.2, 0) is 5.54 Å². The second-order valence-corrected chi connectivity index (χ2v) is 4.66. The van der Waals surface area contributed by atoms with Crippen LogP contribution in [0.2, 0.25) is 0 Å². The normalized spacial score (nSPS) is 28.9. The molecule has 6 N–H and O–H groups in total. The molecule has 1 aliphatic heterocycles. The maximum absolute atomic E-state index is 11.2. The summed E-state index contributed by atoms with van der Waals surface area (Å²) in [4.78, 5) is 11.2. The summed E-state index contributed by atoms with van der Waals surface area (Å²) in [5.74, 6) is -0.413. The number of rotatable bonds is 2. The van der Waals surface area contributed by atoms with E-state index in [-0.39, 0.29) is 11.7 Å². The van der Waals surface area contributed by atoms with Gasteiger partial charge in [0.1, 0.15) is 0 Å². The molecule has 1 heterocycles. The Balaban J connectivity index is 2.32. The number of nitrogens with one attached hydrogen (secondary N) is 2. The van der Waals surface area contributed by atoms with Crippen LogP contribution in [0.1, 0.15) is 22.8 Å². The lowest BCUT2D eigenvalue weighted by Crippen LogP contribution is -2.63. The van der Waals surface area contributed by atoms with Crippen LogP contribution in [0.15, 0.2) is 24.3 Å². The fraction of sp³-hybridized carbons (Fsp3) is 0.417. The second kappa shape index (κ2) is 4.44. The molecule has 1 aromatic rings. The predicted octanol–water partition coefficient (Wildman–Crippen LogP) is -0.522. The van der Waals surface area contributed by atoms with Crippen LogP contribution < -0.4 is 22.1 Å². The quantitative estimate of drug-likeness (QED) is 0.554. The first-order chi connectivity index (χ1) is 8.01. The Labute approximate surface area is 101 Å². The van der Waals surface area contributed by atoms with Gasteiger partial charge in [-0.15, -0.1) is 0 Å². The topological polar surface area (TPSA) is 93.2 Å². The van der Waals surface area contributed by atoms with Crippen molar-refractivity contribution in [2.24, 2.45) is 11.5 Å². The lowest BCUT2D eigenvalue weighted by molar-refractivity contribution is 0.1000. The zero-order chi connectivity index (χ0) is 12.5. The highest BCUT2D eigenvalue weighted by Crippen LogP contribution is 2.23. The number of amides is 1. The van der Waals surface area contributed by atoms with Crippen LogP contribution in [0.3, 0.4) is 0 Å². The van der Waals surface area contributed by atoms with E-state index in [0.717, 1.165) is 18.7 Å². The minimum absolute atomic E-state index is 0.0917. The Morgan fingerprint density at radius 3 is 2.94 bits per heavy atom. The van der Waals surface area contributed by atoms with E-state index < -0.39 is 5.91 Å². The third-order valence-electron chi connectivity index (χ3n) is 3.13. The Hall–Kier alpha value is -1.43. The van der Waals surface area contributed by atoms with Crippen molar-refractivity contribution in [3.63, 3.8) is 0 Å². The molecule has 1 unspecified atom stereocenters. The van der Waals surface area contributed by atoms with Gasteiger partial charge in [-0.3, -0.25) is 10.1 Å². The molecule has 5 heteroatoms. The molecule has 1 fully saturated rings. The smallest absolute Gasteiger partial charge is 0.248 e. The van der Waals surface area contributed by atoms with Crippen molar-refractivity contribution in [3.05, 3.63) is 35.4 Å². The van der Waals surface area contributed by atoms with Crippen molar-refractivity contribution in [1.29, 1.82) is 0 Å².